The molecule has 3 aromatic rings. The molecule has 0 aliphatic rings. The highest BCUT2D eigenvalue weighted by Crippen LogP contribution is 2.15. The summed E-state index contributed by atoms with van der Waals surface area (Å²) in [6.45, 7) is -3.26. The molecular weight excluding hydrogens is 360 g/mol. The summed E-state index contributed by atoms with van der Waals surface area (Å²) >= 11 is 0. The van der Waals surface area contributed by atoms with E-state index in [1.54, 1.807) is 12.1 Å². The van der Waals surface area contributed by atoms with Gasteiger partial charge in [0.2, 0.25) is 11.7 Å². The van der Waals surface area contributed by atoms with Gasteiger partial charge in [-0.1, -0.05) is 30.3 Å². The molecule has 0 aliphatic carbocycles. The first-order valence-corrected chi connectivity index (χ1v) is 7.73. The van der Waals surface area contributed by atoms with Crippen LogP contribution in [0.4, 0.5) is 8.78 Å². The highest BCUT2D eigenvalue weighted by atomic mass is 19.3. The maximum atomic E-state index is 12.1. The van der Waals surface area contributed by atoms with Crippen molar-refractivity contribution >= 4 is 11.8 Å². The Kier molecular flexibility index (Phi) is 5.45. The van der Waals surface area contributed by atoms with E-state index in [0.717, 1.165) is 10.4 Å². The second-order valence-electron chi connectivity index (χ2n) is 5.29. The molecule has 1 N–H and O–H groups in total. The topological polar surface area (TPSA) is 99.0 Å². The van der Waals surface area contributed by atoms with Crippen LogP contribution in [-0.4, -0.2) is 38.6 Å². The number of carbonyl (C=O) groups excluding carboxylic acids is 2. The summed E-state index contributed by atoms with van der Waals surface area (Å²) < 4.78 is 28.4. The predicted octanol–water partition coefficient (Wildman–Crippen LogP) is 1.90. The van der Waals surface area contributed by atoms with Crippen LogP contribution in [-0.2, 0) is 11.3 Å². The van der Waals surface area contributed by atoms with Gasteiger partial charge in [0.1, 0.15) is 12.3 Å². The maximum Gasteiger partial charge on any atom is 0.387 e. The first-order chi connectivity index (χ1) is 13.0. The summed E-state index contributed by atoms with van der Waals surface area (Å²) in [4.78, 5) is 25.0. The number of tetrazole rings is 1. The molecule has 0 fully saturated rings. The zero-order valence-corrected chi connectivity index (χ0v) is 13.8. The molecule has 0 bridgehead atoms. The lowest BCUT2D eigenvalue weighted by molar-refractivity contribution is -0.121. The molecule has 3 rings (SSSR count). The van der Waals surface area contributed by atoms with Crippen molar-refractivity contribution in [3.8, 4) is 17.1 Å². The van der Waals surface area contributed by atoms with Crippen molar-refractivity contribution in [1.82, 2.24) is 25.5 Å². The number of halogens is 2. The summed E-state index contributed by atoms with van der Waals surface area (Å²) in [6.07, 6.45) is 0. The Hall–Kier alpha value is -3.69. The van der Waals surface area contributed by atoms with Gasteiger partial charge in [0, 0.05) is 11.1 Å². The average molecular weight is 373 g/mol. The van der Waals surface area contributed by atoms with E-state index >= 15 is 0 Å². The van der Waals surface area contributed by atoms with E-state index in [2.05, 4.69) is 25.5 Å². The van der Waals surface area contributed by atoms with Crippen LogP contribution in [0.1, 0.15) is 10.4 Å². The van der Waals surface area contributed by atoms with Crippen LogP contribution in [0.5, 0.6) is 5.75 Å². The van der Waals surface area contributed by atoms with Crippen molar-refractivity contribution in [2.45, 2.75) is 13.2 Å². The Morgan fingerprint density at radius 1 is 1.07 bits per heavy atom. The number of rotatable bonds is 6. The minimum Gasteiger partial charge on any atom is -0.435 e. The molecule has 0 spiro atoms. The first kappa shape index (κ1) is 18.1. The van der Waals surface area contributed by atoms with Gasteiger partial charge in [0.15, 0.2) is 0 Å². The number of benzene rings is 2. The van der Waals surface area contributed by atoms with Crippen LogP contribution >= 0.6 is 0 Å². The number of hydrogen-bond acceptors (Lipinski definition) is 6. The highest BCUT2D eigenvalue weighted by Gasteiger charge is 2.14. The van der Waals surface area contributed by atoms with Crippen LogP contribution in [0.3, 0.4) is 0 Å². The number of nitrogens with zero attached hydrogens (tertiary/aromatic N) is 4. The van der Waals surface area contributed by atoms with Crippen molar-refractivity contribution in [3.05, 3.63) is 60.2 Å². The van der Waals surface area contributed by atoms with Gasteiger partial charge in [0.25, 0.3) is 5.91 Å². The third-order valence-electron chi connectivity index (χ3n) is 3.36. The lowest BCUT2D eigenvalue weighted by atomic mass is 10.2. The number of ether oxygens (including phenoxy) is 1. The number of aromatic nitrogens is 4. The third kappa shape index (κ3) is 4.91. The maximum absolute atomic E-state index is 12.1. The number of hydrogen-bond donors (Lipinski definition) is 1. The molecule has 1 aromatic heterocycles. The van der Waals surface area contributed by atoms with E-state index in [1.807, 2.05) is 18.2 Å². The lowest BCUT2D eigenvalue weighted by Crippen LogP contribution is -2.33. The van der Waals surface area contributed by atoms with Gasteiger partial charge in [-0.3, -0.25) is 14.9 Å². The molecule has 0 saturated heterocycles. The van der Waals surface area contributed by atoms with Gasteiger partial charge in [-0.25, -0.2) is 0 Å². The Morgan fingerprint density at radius 2 is 1.78 bits per heavy atom. The van der Waals surface area contributed by atoms with Gasteiger partial charge in [-0.2, -0.15) is 13.6 Å². The Labute approximate surface area is 151 Å². The molecule has 1 heterocycles. The molecule has 138 valence electrons. The van der Waals surface area contributed by atoms with Crippen LogP contribution in [0.25, 0.3) is 11.4 Å². The zero-order valence-electron chi connectivity index (χ0n) is 13.8. The molecule has 2 aromatic carbocycles. The SMILES string of the molecule is O=C(Cn1nnc(-c2ccccc2)n1)NC(=O)c1ccc(OC(F)F)cc1. The van der Waals surface area contributed by atoms with E-state index in [4.69, 9.17) is 0 Å². The van der Waals surface area contributed by atoms with Gasteiger partial charge in [-0.15, -0.1) is 10.2 Å². The number of carbonyl (C=O) groups is 2. The summed E-state index contributed by atoms with van der Waals surface area (Å²) in [5.41, 5.74) is 0.854. The van der Waals surface area contributed by atoms with E-state index < -0.39 is 18.4 Å². The predicted molar refractivity (Wildman–Crippen MR) is 88.8 cm³/mol. The fourth-order valence-corrected chi connectivity index (χ4v) is 2.17. The first-order valence-electron chi connectivity index (χ1n) is 7.73. The lowest BCUT2D eigenvalue weighted by Gasteiger charge is -2.06. The van der Waals surface area contributed by atoms with Gasteiger partial charge in [0.05, 0.1) is 0 Å². The molecule has 10 heteroatoms. The standard InChI is InChI=1S/C17H13F2N5O3/c18-17(19)27-13-8-6-12(7-9-13)16(26)20-14(25)10-24-22-15(21-23-24)11-4-2-1-3-5-11/h1-9,17H,10H2,(H,20,25,26). The molecule has 0 aliphatic heterocycles. The van der Waals surface area contributed by atoms with Gasteiger partial charge >= 0.3 is 6.61 Å². The molecule has 0 atom stereocenters. The van der Waals surface area contributed by atoms with Gasteiger partial charge < -0.3 is 4.74 Å². The van der Waals surface area contributed by atoms with Crippen LogP contribution in [0.2, 0.25) is 0 Å². The van der Waals surface area contributed by atoms with Crippen LogP contribution in [0, 0.1) is 0 Å². The van der Waals surface area contributed by atoms with Crippen molar-refractivity contribution < 1.29 is 23.1 Å². The molecule has 0 radical (unpaired) electrons. The minimum atomic E-state index is -2.96. The van der Waals surface area contributed by atoms with Crippen molar-refractivity contribution in [3.63, 3.8) is 0 Å². The minimum absolute atomic E-state index is 0.0897. The summed E-state index contributed by atoms with van der Waals surface area (Å²) in [6, 6.07) is 14.0. The Morgan fingerprint density at radius 3 is 2.44 bits per heavy atom. The fraction of sp³-hybridized carbons (Fsp3) is 0.118. The normalized spacial score (nSPS) is 10.6. The van der Waals surface area contributed by atoms with Crippen LogP contribution < -0.4 is 10.1 Å². The summed E-state index contributed by atoms with van der Waals surface area (Å²) in [5, 5.41) is 13.9. The number of nitrogens with one attached hydrogen (secondary N) is 1. The summed E-state index contributed by atoms with van der Waals surface area (Å²) in [5.74, 6) is -1.07. The molecule has 0 saturated carbocycles. The second-order valence-corrected chi connectivity index (χ2v) is 5.29. The number of alkyl halides is 2. The molecule has 0 unspecified atom stereocenters. The molecule has 2 amide bonds. The highest BCUT2D eigenvalue weighted by molar-refractivity contribution is 6.04. The van der Waals surface area contributed by atoms with E-state index in [-0.39, 0.29) is 17.9 Å². The smallest absolute Gasteiger partial charge is 0.387 e. The quantitative estimate of drug-likeness (QED) is 0.709. The van der Waals surface area contributed by atoms with Gasteiger partial charge in [-0.05, 0) is 29.5 Å². The van der Waals surface area contributed by atoms with Crippen molar-refractivity contribution in [2.75, 3.05) is 0 Å². The summed E-state index contributed by atoms with van der Waals surface area (Å²) in [7, 11) is 0. The molecular formula is C17H13F2N5O3. The van der Waals surface area contributed by atoms with E-state index in [9.17, 15) is 18.4 Å². The van der Waals surface area contributed by atoms with Crippen LogP contribution in [0.15, 0.2) is 54.6 Å². The Bertz CT molecular complexity index is 929. The average Bonchev–Trinajstić information content (AvgIpc) is 3.11. The molecule has 8 nitrogen and oxygen atoms in total. The van der Waals surface area contributed by atoms with Crippen molar-refractivity contribution in [2.24, 2.45) is 0 Å². The van der Waals surface area contributed by atoms with E-state index in [1.165, 1.54) is 24.3 Å². The third-order valence-corrected chi connectivity index (χ3v) is 3.36. The largest absolute Gasteiger partial charge is 0.435 e. The number of amides is 2. The van der Waals surface area contributed by atoms with E-state index in [0.29, 0.717) is 5.82 Å². The molecule has 27 heavy (non-hydrogen) atoms. The van der Waals surface area contributed by atoms with Crippen molar-refractivity contribution in [1.29, 1.82) is 0 Å². The Balaban J connectivity index is 1.57. The monoisotopic (exact) mass is 373 g/mol. The number of imide groups is 1. The zero-order chi connectivity index (χ0) is 19.2. The fourth-order valence-electron chi connectivity index (χ4n) is 2.17. The second kappa shape index (κ2) is 8.13.